The van der Waals surface area contributed by atoms with Crippen LogP contribution in [0.25, 0.3) is 21.3 Å². The van der Waals surface area contributed by atoms with Gasteiger partial charge in [0, 0.05) is 18.0 Å². The monoisotopic (exact) mass is 508 g/mol. The first kappa shape index (κ1) is 23.5. The zero-order valence-corrected chi connectivity index (χ0v) is 21.2. The van der Waals surface area contributed by atoms with Gasteiger partial charge in [-0.25, -0.2) is 15.0 Å². The van der Waals surface area contributed by atoms with E-state index in [1.54, 1.807) is 11.3 Å². The maximum absolute atomic E-state index is 9.69. The van der Waals surface area contributed by atoms with Crippen LogP contribution < -0.4 is 5.32 Å². The number of aliphatic hydroxyl groups is 1. The Morgan fingerprint density at radius 1 is 0.973 bits per heavy atom. The van der Waals surface area contributed by atoms with Crippen molar-refractivity contribution in [2.75, 3.05) is 5.32 Å². The van der Waals surface area contributed by atoms with Gasteiger partial charge in [-0.2, -0.15) is 5.10 Å². The van der Waals surface area contributed by atoms with Crippen molar-refractivity contribution in [2.24, 2.45) is 10.9 Å². The number of hydrogen-bond donors (Lipinski definition) is 2. The smallest absolute Gasteiger partial charge is 0.189 e. The molecule has 6 rings (SSSR count). The minimum absolute atomic E-state index is 0.155. The van der Waals surface area contributed by atoms with E-state index in [-0.39, 0.29) is 6.10 Å². The van der Waals surface area contributed by atoms with Crippen LogP contribution >= 0.6 is 11.3 Å². The molecule has 3 heterocycles. The van der Waals surface area contributed by atoms with Crippen molar-refractivity contribution in [3.8, 4) is 11.1 Å². The van der Waals surface area contributed by atoms with Crippen molar-refractivity contribution in [3.05, 3.63) is 84.7 Å². The van der Waals surface area contributed by atoms with E-state index in [2.05, 4.69) is 56.9 Å². The van der Waals surface area contributed by atoms with Gasteiger partial charge in [-0.05, 0) is 67.0 Å². The molecule has 1 fully saturated rings. The fourth-order valence-electron chi connectivity index (χ4n) is 4.63. The van der Waals surface area contributed by atoms with Gasteiger partial charge in [-0.3, -0.25) is 4.68 Å². The molecule has 8 heteroatoms. The molecular formula is C29H28N6OS. The average molecular weight is 509 g/mol. The second-order valence-corrected chi connectivity index (χ2v) is 10.5. The lowest BCUT2D eigenvalue weighted by Crippen LogP contribution is -2.18. The lowest BCUT2D eigenvalue weighted by molar-refractivity contribution is 0.121. The zero-order valence-electron chi connectivity index (χ0n) is 20.4. The molecule has 0 spiro atoms. The molecule has 1 aliphatic rings. The first-order valence-corrected chi connectivity index (χ1v) is 13.4. The number of anilines is 2. The normalized spacial score (nSPS) is 18.0. The third kappa shape index (κ3) is 5.76. The summed E-state index contributed by atoms with van der Waals surface area (Å²) >= 11 is 1.60. The molecular weight excluding hydrogens is 480 g/mol. The summed E-state index contributed by atoms with van der Waals surface area (Å²) < 4.78 is 3.07. The zero-order chi connectivity index (χ0) is 25.0. The predicted octanol–water partition coefficient (Wildman–Crippen LogP) is 6.60. The summed E-state index contributed by atoms with van der Waals surface area (Å²) in [5.74, 6) is 1.80. The lowest BCUT2D eigenvalue weighted by Gasteiger charge is -2.21. The fraction of sp³-hybridized carbons (Fsp3) is 0.241. The third-order valence-electron chi connectivity index (χ3n) is 6.67. The summed E-state index contributed by atoms with van der Waals surface area (Å²) in [6.07, 6.45) is 9.47. The number of pyridine rings is 1. The van der Waals surface area contributed by atoms with Crippen LogP contribution in [-0.4, -0.2) is 37.2 Å². The largest absolute Gasteiger partial charge is 0.393 e. The molecule has 0 saturated heterocycles. The van der Waals surface area contributed by atoms with Crippen molar-refractivity contribution in [3.63, 3.8) is 0 Å². The number of thiazole rings is 1. The summed E-state index contributed by atoms with van der Waals surface area (Å²) in [7, 11) is 0. The van der Waals surface area contributed by atoms with E-state index in [1.807, 2.05) is 53.5 Å². The maximum Gasteiger partial charge on any atom is 0.189 e. The predicted molar refractivity (Wildman–Crippen MR) is 150 cm³/mol. The molecule has 2 N–H and O–H groups in total. The number of nitrogens with one attached hydrogen (secondary N) is 1. The van der Waals surface area contributed by atoms with Crippen LogP contribution in [0, 0.1) is 5.92 Å². The summed E-state index contributed by atoms with van der Waals surface area (Å²) in [5.41, 5.74) is 4.37. The molecule has 1 saturated carbocycles. The van der Waals surface area contributed by atoms with E-state index < -0.39 is 0 Å². The van der Waals surface area contributed by atoms with Gasteiger partial charge in [0.2, 0.25) is 0 Å². The number of aliphatic hydroxyl groups excluding tert-OH is 1. The highest BCUT2D eigenvalue weighted by atomic mass is 32.1. The van der Waals surface area contributed by atoms with Gasteiger partial charge in [0.1, 0.15) is 5.82 Å². The summed E-state index contributed by atoms with van der Waals surface area (Å²) in [4.78, 5) is 14.0. The Labute approximate surface area is 219 Å². The lowest BCUT2D eigenvalue weighted by atomic mass is 9.88. The highest BCUT2D eigenvalue weighted by Gasteiger charge is 2.17. The van der Waals surface area contributed by atoms with E-state index in [0.717, 1.165) is 64.5 Å². The number of aromatic nitrogens is 4. The number of benzene rings is 2. The fourth-order valence-corrected chi connectivity index (χ4v) is 5.55. The molecule has 1 aliphatic carbocycles. The molecule has 0 bridgehead atoms. The Balaban J connectivity index is 1.14. The first-order chi connectivity index (χ1) is 18.2. The van der Waals surface area contributed by atoms with Gasteiger partial charge < -0.3 is 10.4 Å². The summed E-state index contributed by atoms with van der Waals surface area (Å²) in [5, 5.41) is 18.4. The van der Waals surface area contributed by atoms with E-state index in [4.69, 9.17) is 4.98 Å². The highest BCUT2D eigenvalue weighted by molar-refractivity contribution is 7.22. The van der Waals surface area contributed by atoms with Crippen molar-refractivity contribution in [1.82, 2.24) is 19.7 Å². The van der Waals surface area contributed by atoms with Crippen molar-refractivity contribution >= 4 is 44.5 Å². The van der Waals surface area contributed by atoms with Crippen molar-refractivity contribution < 1.29 is 5.11 Å². The first-order valence-electron chi connectivity index (χ1n) is 12.6. The van der Waals surface area contributed by atoms with Crippen LogP contribution in [0.3, 0.4) is 0 Å². The second kappa shape index (κ2) is 10.6. The highest BCUT2D eigenvalue weighted by Crippen LogP contribution is 2.32. The molecule has 37 heavy (non-hydrogen) atoms. The van der Waals surface area contributed by atoms with Crippen LogP contribution in [-0.2, 0) is 6.54 Å². The SMILES string of the molecule is OC1CCC(C=Nc2cccc(Nc3nc4ccc(-c5cnn(Cc6ccccc6)c5)cc4s3)n2)CC1. The van der Waals surface area contributed by atoms with Crippen molar-refractivity contribution in [2.45, 2.75) is 38.3 Å². The number of hydrogen-bond acceptors (Lipinski definition) is 7. The Kier molecular flexibility index (Phi) is 6.75. The quantitative estimate of drug-likeness (QED) is 0.242. The average Bonchev–Trinajstić information content (AvgIpc) is 3.55. The van der Waals surface area contributed by atoms with Crippen LogP contribution in [0.2, 0.25) is 0 Å². The molecule has 0 amide bonds. The number of fused-ring (bicyclic) bond motifs is 1. The Morgan fingerprint density at radius 2 is 1.84 bits per heavy atom. The molecule has 186 valence electrons. The molecule has 3 aromatic heterocycles. The van der Waals surface area contributed by atoms with Gasteiger partial charge >= 0.3 is 0 Å². The molecule has 0 unspecified atom stereocenters. The van der Waals surface area contributed by atoms with Gasteiger partial charge in [-0.15, -0.1) is 0 Å². The minimum atomic E-state index is -0.155. The standard InChI is InChI=1S/C29H28N6OS/c36-24-12-9-20(10-13-24)16-30-27-7-4-8-28(33-27)34-29-32-25-14-11-22(15-26(25)37-29)23-17-31-35(19-23)18-21-5-2-1-3-6-21/h1-8,11,14-17,19-20,24,36H,9-10,12-13,18H2,(H,32,33,34). The van der Waals surface area contributed by atoms with Crippen LogP contribution in [0.1, 0.15) is 31.2 Å². The number of rotatable bonds is 7. The Hall–Kier alpha value is -3.88. The molecule has 7 nitrogen and oxygen atoms in total. The van der Waals surface area contributed by atoms with E-state index in [0.29, 0.717) is 11.7 Å². The summed E-state index contributed by atoms with van der Waals surface area (Å²) in [6, 6.07) is 22.4. The van der Waals surface area contributed by atoms with Crippen LogP contribution in [0.4, 0.5) is 16.8 Å². The Morgan fingerprint density at radius 3 is 2.70 bits per heavy atom. The summed E-state index contributed by atoms with van der Waals surface area (Å²) in [6.45, 7) is 0.748. The topological polar surface area (TPSA) is 88.2 Å². The molecule has 5 aromatic rings. The third-order valence-corrected chi connectivity index (χ3v) is 7.60. The van der Waals surface area contributed by atoms with Gasteiger partial charge in [0.05, 0.1) is 29.1 Å². The van der Waals surface area contributed by atoms with Crippen molar-refractivity contribution in [1.29, 1.82) is 0 Å². The van der Waals surface area contributed by atoms with E-state index in [1.165, 1.54) is 5.56 Å². The molecule has 2 aromatic carbocycles. The minimum Gasteiger partial charge on any atom is -0.393 e. The van der Waals surface area contributed by atoms with Crippen LogP contribution in [0.5, 0.6) is 0 Å². The van der Waals surface area contributed by atoms with Gasteiger partial charge in [0.25, 0.3) is 0 Å². The molecule has 0 radical (unpaired) electrons. The van der Waals surface area contributed by atoms with Gasteiger partial charge in [-0.1, -0.05) is 53.8 Å². The number of nitrogens with zero attached hydrogens (tertiary/aromatic N) is 5. The maximum atomic E-state index is 9.69. The van der Waals surface area contributed by atoms with E-state index in [9.17, 15) is 5.11 Å². The van der Waals surface area contributed by atoms with Gasteiger partial charge in [0.15, 0.2) is 10.9 Å². The van der Waals surface area contributed by atoms with E-state index >= 15 is 0 Å². The molecule has 0 atom stereocenters. The number of aliphatic imine (C=N–C) groups is 1. The second-order valence-electron chi connectivity index (χ2n) is 9.47. The van der Waals surface area contributed by atoms with Crippen LogP contribution in [0.15, 0.2) is 84.1 Å². The Bertz CT molecular complexity index is 1520. The molecule has 0 aliphatic heterocycles.